The highest BCUT2D eigenvalue weighted by Gasteiger charge is 2.54. The number of amides is 1. The molecule has 3 heterocycles. The molecule has 1 saturated carbocycles. The molecule has 2 aliphatic heterocycles. The second-order valence-electron chi connectivity index (χ2n) is 6.84. The van der Waals surface area contributed by atoms with Gasteiger partial charge in [-0.05, 0) is 43.6 Å². The van der Waals surface area contributed by atoms with Crippen molar-refractivity contribution in [1.82, 2.24) is 15.1 Å². The van der Waals surface area contributed by atoms with Gasteiger partial charge in [0.2, 0.25) is 0 Å². The Kier molecular flexibility index (Phi) is 3.66. The van der Waals surface area contributed by atoms with Crippen molar-refractivity contribution in [3.63, 3.8) is 0 Å². The number of likely N-dealkylation sites (tertiary alicyclic amines) is 1. The summed E-state index contributed by atoms with van der Waals surface area (Å²) < 4.78 is 11.8. The average molecular weight is 305 g/mol. The molecule has 1 amide bonds. The molecule has 1 unspecified atom stereocenters. The molecule has 1 aromatic heterocycles. The summed E-state index contributed by atoms with van der Waals surface area (Å²) in [6.07, 6.45) is 6.40. The predicted octanol–water partition coefficient (Wildman–Crippen LogP) is 1.46. The van der Waals surface area contributed by atoms with Crippen molar-refractivity contribution in [2.24, 2.45) is 11.8 Å². The van der Waals surface area contributed by atoms with Crippen LogP contribution in [0.4, 0.5) is 0 Å². The van der Waals surface area contributed by atoms with Crippen LogP contribution in [0, 0.1) is 11.8 Å². The summed E-state index contributed by atoms with van der Waals surface area (Å²) in [5, 5.41) is 6.57. The van der Waals surface area contributed by atoms with Crippen molar-refractivity contribution in [2.45, 2.75) is 31.3 Å². The monoisotopic (exact) mass is 305 g/mol. The summed E-state index contributed by atoms with van der Waals surface area (Å²) in [5.74, 6) is 1.35. The van der Waals surface area contributed by atoms with Crippen molar-refractivity contribution in [3.05, 3.63) is 18.0 Å². The zero-order chi connectivity index (χ0) is 15.0. The third-order valence-electron chi connectivity index (χ3n) is 5.20. The van der Waals surface area contributed by atoms with Gasteiger partial charge in [0, 0.05) is 26.0 Å². The number of hydrogen-bond acceptors (Lipinski definition) is 4. The Bertz CT molecular complexity index is 521. The highest BCUT2D eigenvalue weighted by Crippen LogP contribution is 2.42. The van der Waals surface area contributed by atoms with Gasteiger partial charge in [-0.2, -0.15) is 5.10 Å². The fraction of sp³-hybridized carbons (Fsp3) is 0.750. The van der Waals surface area contributed by atoms with E-state index < -0.39 is 0 Å². The van der Waals surface area contributed by atoms with Gasteiger partial charge in [-0.15, -0.1) is 0 Å². The van der Waals surface area contributed by atoms with Crippen LogP contribution in [0.2, 0.25) is 0 Å². The van der Waals surface area contributed by atoms with Gasteiger partial charge in [0.05, 0.1) is 13.1 Å². The fourth-order valence-corrected chi connectivity index (χ4v) is 3.59. The smallest absolute Gasteiger partial charge is 0.272 e. The minimum absolute atomic E-state index is 0.0161. The Labute approximate surface area is 130 Å². The average Bonchev–Trinajstić information content (AvgIpc) is 3.01. The van der Waals surface area contributed by atoms with E-state index >= 15 is 0 Å². The first-order valence-electron chi connectivity index (χ1n) is 8.27. The number of nitrogens with one attached hydrogen (secondary N) is 1. The number of H-pyrrole nitrogens is 1. The van der Waals surface area contributed by atoms with Crippen molar-refractivity contribution in [3.8, 4) is 0 Å². The molecule has 1 atom stereocenters. The highest BCUT2D eigenvalue weighted by atomic mass is 16.5. The molecule has 3 fully saturated rings. The normalized spacial score (nSPS) is 26.4. The largest absolute Gasteiger partial charge is 0.381 e. The van der Waals surface area contributed by atoms with Crippen LogP contribution in [-0.2, 0) is 9.47 Å². The first-order valence-corrected chi connectivity index (χ1v) is 8.27. The summed E-state index contributed by atoms with van der Waals surface area (Å²) in [6.45, 7) is 3.93. The first kappa shape index (κ1) is 14.2. The third-order valence-corrected chi connectivity index (χ3v) is 5.20. The molecular weight excluding hydrogens is 282 g/mol. The van der Waals surface area contributed by atoms with Crippen LogP contribution in [0.25, 0.3) is 0 Å². The van der Waals surface area contributed by atoms with Gasteiger partial charge in [0.25, 0.3) is 5.91 Å². The maximum Gasteiger partial charge on any atom is 0.272 e. The lowest BCUT2D eigenvalue weighted by molar-refractivity contribution is -0.120. The second kappa shape index (κ2) is 5.66. The Morgan fingerprint density at radius 2 is 2.32 bits per heavy atom. The van der Waals surface area contributed by atoms with Crippen LogP contribution < -0.4 is 0 Å². The van der Waals surface area contributed by atoms with Crippen molar-refractivity contribution in [2.75, 3.05) is 32.9 Å². The van der Waals surface area contributed by atoms with E-state index in [1.165, 1.54) is 12.8 Å². The number of aromatic amines is 1. The molecule has 3 aliphatic rings. The third kappa shape index (κ3) is 2.65. The Hall–Kier alpha value is -1.40. The molecule has 4 rings (SSSR count). The highest BCUT2D eigenvalue weighted by molar-refractivity contribution is 5.93. The van der Waals surface area contributed by atoms with E-state index in [0.717, 1.165) is 38.6 Å². The van der Waals surface area contributed by atoms with Gasteiger partial charge in [-0.3, -0.25) is 9.89 Å². The van der Waals surface area contributed by atoms with Gasteiger partial charge in [0.1, 0.15) is 11.3 Å². The van der Waals surface area contributed by atoms with E-state index in [0.29, 0.717) is 24.7 Å². The molecule has 120 valence electrons. The van der Waals surface area contributed by atoms with Crippen molar-refractivity contribution >= 4 is 5.91 Å². The van der Waals surface area contributed by atoms with Crippen LogP contribution >= 0.6 is 0 Å². The Morgan fingerprint density at radius 3 is 3.05 bits per heavy atom. The van der Waals surface area contributed by atoms with Crippen LogP contribution in [-0.4, -0.2) is 59.5 Å². The Balaban J connectivity index is 1.27. The first-order chi connectivity index (χ1) is 10.8. The summed E-state index contributed by atoms with van der Waals surface area (Å²) in [7, 11) is 0. The van der Waals surface area contributed by atoms with E-state index in [2.05, 4.69) is 10.2 Å². The molecule has 6 heteroatoms. The van der Waals surface area contributed by atoms with Gasteiger partial charge < -0.3 is 14.4 Å². The van der Waals surface area contributed by atoms with E-state index in [1.54, 1.807) is 12.3 Å². The summed E-state index contributed by atoms with van der Waals surface area (Å²) in [5.41, 5.74) is 0.427. The summed E-state index contributed by atoms with van der Waals surface area (Å²) in [4.78, 5) is 14.1. The van der Waals surface area contributed by atoms with Crippen LogP contribution in [0.5, 0.6) is 0 Å². The van der Waals surface area contributed by atoms with E-state index in [9.17, 15) is 4.79 Å². The predicted molar refractivity (Wildman–Crippen MR) is 79.4 cm³/mol. The number of nitrogens with zero attached hydrogens (tertiary/aromatic N) is 2. The topological polar surface area (TPSA) is 67.5 Å². The molecule has 0 radical (unpaired) electrons. The minimum Gasteiger partial charge on any atom is -0.381 e. The zero-order valence-corrected chi connectivity index (χ0v) is 12.8. The maximum absolute atomic E-state index is 12.3. The molecule has 6 nitrogen and oxygen atoms in total. The van der Waals surface area contributed by atoms with E-state index in [-0.39, 0.29) is 11.5 Å². The number of hydrogen-bond donors (Lipinski definition) is 1. The van der Waals surface area contributed by atoms with Crippen molar-refractivity contribution in [1.29, 1.82) is 0 Å². The number of carbonyl (C=O) groups excluding carboxylic acids is 1. The number of carbonyl (C=O) groups is 1. The second-order valence-corrected chi connectivity index (χ2v) is 6.84. The molecule has 1 spiro atoms. The molecule has 0 aromatic carbocycles. The maximum atomic E-state index is 12.3. The minimum atomic E-state index is -0.126. The van der Waals surface area contributed by atoms with E-state index in [4.69, 9.17) is 9.47 Å². The van der Waals surface area contributed by atoms with E-state index in [1.807, 2.05) is 4.90 Å². The molecule has 1 aromatic rings. The van der Waals surface area contributed by atoms with Gasteiger partial charge in [-0.25, -0.2) is 0 Å². The lowest BCUT2D eigenvalue weighted by Crippen LogP contribution is -2.66. The quantitative estimate of drug-likeness (QED) is 0.808. The molecule has 1 N–H and O–H groups in total. The molecule has 1 aliphatic carbocycles. The lowest BCUT2D eigenvalue weighted by Gasteiger charge is -2.50. The molecule has 0 bridgehead atoms. The van der Waals surface area contributed by atoms with Crippen molar-refractivity contribution < 1.29 is 14.3 Å². The van der Waals surface area contributed by atoms with Crippen LogP contribution in [0.3, 0.4) is 0 Å². The SMILES string of the molecule is O=C(c1ccn[nH]1)N1CC2(C1)OCCC2CCOCC1CC1. The molecule has 22 heavy (non-hydrogen) atoms. The summed E-state index contributed by atoms with van der Waals surface area (Å²) in [6, 6.07) is 1.71. The lowest BCUT2D eigenvalue weighted by atomic mass is 9.79. The van der Waals surface area contributed by atoms with Crippen LogP contribution in [0.1, 0.15) is 36.2 Å². The standard InChI is InChI=1S/C16H23N3O3/c20-15(14-3-6-17-18-14)19-10-16(11-19)13(5-8-22-16)4-7-21-9-12-1-2-12/h3,6,12-13H,1-2,4-5,7-11H2,(H,17,18). The van der Waals surface area contributed by atoms with Gasteiger partial charge in [0.15, 0.2) is 0 Å². The number of ether oxygens (including phenoxy) is 2. The van der Waals surface area contributed by atoms with Gasteiger partial charge >= 0.3 is 0 Å². The zero-order valence-electron chi connectivity index (χ0n) is 12.8. The Morgan fingerprint density at radius 1 is 1.45 bits per heavy atom. The molecule has 2 saturated heterocycles. The molecular formula is C16H23N3O3. The number of rotatable bonds is 6. The fourth-order valence-electron chi connectivity index (χ4n) is 3.59. The van der Waals surface area contributed by atoms with Gasteiger partial charge in [-0.1, -0.05) is 0 Å². The number of aromatic nitrogens is 2. The van der Waals surface area contributed by atoms with Crippen LogP contribution in [0.15, 0.2) is 12.3 Å². The summed E-state index contributed by atoms with van der Waals surface area (Å²) >= 11 is 0.